The number of carbonyl (C=O) groups excluding carboxylic acids is 1. The summed E-state index contributed by atoms with van der Waals surface area (Å²) in [5.74, 6) is 0.0726. The average Bonchev–Trinajstić information content (AvgIpc) is 2.67. The Morgan fingerprint density at radius 2 is 2.43 bits per heavy atom. The number of thiophene rings is 1. The van der Waals surface area contributed by atoms with E-state index < -0.39 is 0 Å². The summed E-state index contributed by atoms with van der Waals surface area (Å²) in [5.41, 5.74) is 0. The molecule has 1 aromatic rings. The SMILES string of the molecule is CCCNC(=O)CNCc1cccs1. The smallest absolute Gasteiger partial charge is 0.233 e. The van der Waals surface area contributed by atoms with Gasteiger partial charge in [-0.2, -0.15) is 0 Å². The monoisotopic (exact) mass is 212 g/mol. The van der Waals surface area contributed by atoms with Crippen LogP contribution in [-0.4, -0.2) is 19.0 Å². The number of hydrogen-bond acceptors (Lipinski definition) is 3. The van der Waals surface area contributed by atoms with E-state index in [4.69, 9.17) is 0 Å². The molecule has 0 spiro atoms. The summed E-state index contributed by atoms with van der Waals surface area (Å²) in [6, 6.07) is 4.07. The van der Waals surface area contributed by atoms with Gasteiger partial charge in [-0.1, -0.05) is 13.0 Å². The molecule has 0 bridgehead atoms. The van der Waals surface area contributed by atoms with Gasteiger partial charge < -0.3 is 10.6 Å². The third-order valence-electron chi connectivity index (χ3n) is 1.74. The van der Waals surface area contributed by atoms with E-state index in [0.717, 1.165) is 19.5 Å². The third kappa shape index (κ3) is 4.39. The lowest BCUT2D eigenvalue weighted by Gasteiger charge is -2.04. The summed E-state index contributed by atoms with van der Waals surface area (Å²) < 4.78 is 0. The average molecular weight is 212 g/mol. The fourth-order valence-corrected chi connectivity index (χ4v) is 1.71. The molecule has 0 atom stereocenters. The Balaban J connectivity index is 2.06. The standard InChI is InChI=1S/C10H16N2OS/c1-2-5-12-10(13)8-11-7-9-4-3-6-14-9/h3-4,6,11H,2,5,7-8H2,1H3,(H,12,13). The molecule has 4 heteroatoms. The molecule has 0 aromatic carbocycles. The van der Waals surface area contributed by atoms with Gasteiger partial charge in [0.05, 0.1) is 6.54 Å². The third-order valence-corrected chi connectivity index (χ3v) is 2.61. The van der Waals surface area contributed by atoms with Crippen LogP contribution in [0.3, 0.4) is 0 Å². The van der Waals surface area contributed by atoms with Crippen molar-refractivity contribution in [2.45, 2.75) is 19.9 Å². The van der Waals surface area contributed by atoms with Crippen molar-refractivity contribution < 1.29 is 4.79 Å². The predicted octanol–water partition coefficient (Wildman–Crippen LogP) is 1.36. The quantitative estimate of drug-likeness (QED) is 0.747. The molecule has 0 saturated heterocycles. The van der Waals surface area contributed by atoms with Gasteiger partial charge in [0, 0.05) is 18.0 Å². The molecule has 0 unspecified atom stereocenters. The van der Waals surface area contributed by atoms with Crippen LogP contribution in [0, 0.1) is 0 Å². The van der Waals surface area contributed by atoms with E-state index in [2.05, 4.69) is 16.7 Å². The second-order valence-electron chi connectivity index (χ2n) is 3.03. The summed E-state index contributed by atoms with van der Waals surface area (Å²) in [6.45, 7) is 3.98. The first-order valence-electron chi connectivity index (χ1n) is 4.82. The van der Waals surface area contributed by atoms with Gasteiger partial charge in [-0.15, -0.1) is 11.3 Å². The van der Waals surface area contributed by atoms with Crippen LogP contribution in [0.1, 0.15) is 18.2 Å². The van der Waals surface area contributed by atoms with E-state index >= 15 is 0 Å². The van der Waals surface area contributed by atoms with Gasteiger partial charge in [0.25, 0.3) is 0 Å². The van der Waals surface area contributed by atoms with Crippen molar-refractivity contribution in [3.05, 3.63) is 22.4 Å². The molecule has 3 nitrogen and oxygen atoms in total. The number of carbonyl (C=O) groups is 1. The second-order valence-corrected chi connectivity index (χ2v) is 4.07. The van der Waals surface area contributed by atoms with Crippen molar-refractivity contribution >= 4 is 17.2 Å². The Labute approximate surface area is 88.5 Å². The maximum Gasteiger partial charge on any atom is 0.233 e. The highest BCUT2D eigenvalue weighted by Crippen LogP contribution is 2.06. The maximum atomic E-state index is 11.2. The molecule has 1 rings (SSSR count). The Kier molecular flexibility index (Phi) is 5.25. The topological polar surface area (TPSA) is 41.1 Å². The molecule has 0 saturated carbocycles. The highest BCUT2D eigenvalue weighted by atomic mass is 32.1. The van der Waals surface area contributed by atoms with Crippen molar-refractivity contribution in [3.8, 4) is 0 Å². The Hall–Kier alpha value is -0.870. The van der Waals surface area contributed by atoms with Gasteiger partial charge in [0.15, 0.2) is 0 Å². The van der Waals surface area contributed by atoms with E-state index in [1.165, 1.54) is 4.88 Å². The Morgan fingerprint density at radius 3 is 3.07 bits per heavy atom. The van der Waals surface area contributed by atoms with E-state index in [9.17, 15) is 4.79 Å². The van der Waals surface area contributed by atoms with Crippen molar-refractivity contribution in [2.24, 2.45) is 0 Å². The molecular weight excluding hydrogens is 196 g/mol. The molecule has 78 valence electrons. The normalized spacial score (nSPS) is 10.1. The van der Waals surface area contributed by atoms with E-state index in [-0.39, 0.29) is 5.91 Å². The summed E-state index contributed by atoms with van der Waals surface area (Å²) >= 11 is 1.70. The molecule has 1 amide bonds. The van der Waals surface area contributed by atoms with Crippen molar-refractivity contribution in [3.63, 3.8) is 0 Å². The minimum absolute atomic E-state index is 0.0726. The fourth-order valence-electron chi connectivity index (χ4n) is 1.04. The van der Waals surface area contributed by atoms with E-state index in [0.29, 0.717) is 6.54 Å². The second kappa shape index (κ2) is 6.56. The van der Waals surface area contributed by atoms with Crippen molar-refractivity contribution in [2.75, 3.05) is 13.1 Å². The zero-order chi connectivity index (χ0) is 10.2. The minimum Gasteiger partial charge on any atom is -0.355 e. The molecule has 2 N–H and O–H groups in total. The van der Waals surface area contributed by atoms with Crippen LogP contribution >= 0.6 is 11.3 Å². The first kappa shape index (κ1) is 11.2. The number of amides is 1. The molecule has 0 fully saturated rings. The van der Waals surface area contributed by atoms with Crippen LogP contribution in [0.2, 0.25) is 0 Å². The van der Waals surface area contributed by atoms with Crippen molar-refractivity contribution in [1.82, 2.24) is 10.6 Å². The molecule has 0 aliphatic rings. The van der Waals surface area contributed by atoms with Crippen LogP contribution in [0.15, 0.2) is 17.5 Å². The molecular formula is C10H16N2OS. The molecule has 14 heavy (non-hydrogen) atoms. The summed E-state index contributed by atoms with van der Waals surface area (Å²) in [4.78, 5) is 12.4. The predicted molar refractivity (Wildman–Crippen MR) is 59.3 cm³/mol. The van der Waals surface area contributed by atoms with Crippen LogP contribution in [0.4, 0.5) is 0 Å². The molecule has 0 aliphatic carbocycles. The van der Waals surface area contributed by atoms with Crippen LogP contribution in [0.5, 0.6) is 0 Å². The number of rotatable bonds is 6. The lowest BCUT2D eigenvalue weighted by atomic mass is 10.4. The van der Waals surface area contributed by atoms with Crippen molar-refractivity contribution in [1.29, 1.82) is 0 Å². The fraction of sp³-hybridized carbons (Fsp3) is 0.500. The largest absolute Gasteiger partial charge is 0.355 e. The lowest BCUT2D eigenvalue weighted by Crippen LogP contribution is -2.33. The van der Waals surface area contributed by atoms with Gasteiger partial charge in [0.1, 0.15) is 0 Å². The first-order chi connectivity index (χ1) is 6.83. The summed E-state index contributed by atoms with van der Waals surface area (Å²) in [7, 11) is 0. The van der Waals surface area contributed by atoms with Gasteiger partial charge >= 0.3 is 0 Å². The summed E-state index contributed by atoms with van der Waals surface area (Å²) in [6.07, 6.45) is 0.983. The highest BCUT2D eigenvalue weighted by Gasteiger charge is 1.99. The number of hydrogen-bond donors (Lipinski definition) is 2. The van der Waals surface area contributed by atoms with Gasteiger partial charge in [-0.05, 0) is 17.9 Å². The molecule has 1 aromatic heterocycles. The number of nitrogens with one attached hydrogen (secondary N) is 2. The van der Waals surface area contributed by atoms with Crippen LogP contribution in [0.25, 0.3) is 0 Å². The van der Waals surface area contributed by atoms with Gasteiger partial charge in [-0.3, -0.25) is 4.79 Å². The van der Waals surface area contributed by atoms with Gasteiger partial charge in [-0.25, -0.2) is 0 Å². The van der Waals surface area contributed by atoms with Crippen LogP contribution in [-0.2, 0) is 11.3 Å². The van der Waals surface area contributed by atoms with E-state index in [1.807, 2.05) is 18.4 Å². The maximum absolute atomic E-state index is 11.2. The van der Waals surface area contributed by atoms with E-state index in [1.54, 1.807) is 11.3 Å². The Bertz CT molecular complexity index is 259. The molecule has 0 aliphatic heterocycles. The summed E-state index contributed by atoms with van der Waals surface area (Å²) in [5, 5.41) is 7.95. The first-order valence-corrected chi connectivity index (χ1v) is 5.70. The zero-order valence-corrected chi connectivity index (χ0v) is 9.19. The molecule has 0 radical (unpaired) electrons. The van der Waals surface area contributed by atoms with Crippen LogP contribution < -0.4 is 10.6 Å². The minimum atomic E-state index is 0.0726. The lowest BCUT2D eigenvalue weighted by molar-refractivity contribution is -0.120. The molecule has 1 heterocycles. The highest BCUT2D eigenvalue weighted by molar-refractivity contribution is 7.09. The van der Waals surface area contributed by atoms with Gasteiger partial charge in [0.2, 0.25) is 5.91 Å². The zero-order valence-electron chi connectivity index (χ0n) is 8.38. The Morgan fingerprint density at radius 1 is 1.57 bits per heavy atom.